The first kappa shape index (κ1) is 23.1. The van der Waals surface area contributed by atoms with Gasteiger partial charge >= 0.3 is 180 Å². The van der Waals surface area contributed by atoms with Crippen LogP contribution in [0.1, 0.15) is 73.2 Å². The van der Waals surface area contributed by atoms with Crippen LogP contribution in [0.15, 0.2) is 36.4 Å². The van der Waals surface area contributed by atoms with Gasteiger partial charge in [-0.15, -0.1) is 0 Å². The Morgan fingerprint density at radius 2 is 0.964 bits per heavy atom. The first-order chi connectivity index (χ1) is 13.5. The molecule has 0 fully saturated rings. The maximum absolute atomic E-state index is 6.65. The molecule has 0 radical (unpaired) electrons. The summed E-state index contributed by atoms with van der Waals surface area (Å²) in [6.07, 6.45) is 3.99. The van der Waals surface area contributed by atoms with Crippen LogP contribution >= 0.6 is 0 Å². The number of hydrogen-bond acceptors (Lipinski definition) is 3. The quantitative estimate of drug-likeness (QED) is 0.558. The second-order valence-electron chi connectivity index (χ2n) is 7.42. The van der Waals surface area contributed by atoms with Crippen molar-refractivity contribution < 1.29 is 16.2 Å². The summed E-state index contributed by atoms with van der Waals surface area (Å²) in [5, 5.41) is 0. The summed E-state index contributed by atoms with van der Waals surface area (Å²) in [5.74, 6) is 0. The molecular weight excluding hydrogens is 386 g/mol. The molecule has 3 nitrogen and oxygen atoms in total. The molecule has 0 heterocycles. The Bertz CT molecular complexity index is 652. The number of rotatable bonds is 10. The van der Waals surface area contributed by atoms with Crippen LogP contribution in [0.5, 0.6) is 0 Å². The minimum atomic E-state index is -0.0529. The molecule has 0 saturated carbocycles. The molecule has 0 bridgehead atoms. The van der Waals surface area contributed by atoms with Gasteiger partial charge in [-0.1, -0.05) is 0 Å². The summed E-state index contributed by atoms with van der Waals surface area (Å²) >= 11 is 4.26. The molecular formula is C24H36FeN3. The van der Waals surface area contributed by atoms with E-state index in [1.54, 1.807) is 0 Å². The summed E-state index contributed by atoms with van der Waals surface area (Å²) < 4.78 is 2.05. The number of benzene rings is 2. The van der Waals surface area contributed by atoms with E-state index in [9.17, 15) is 0 Å². The Kier molecular flexibility index (Phi) is 9.19. The zero-order chi connectivity index (χ0) is 20.7. The standard InChI is InChI=1S/C24H36N3.Fe/c1-5-17-11-9-12-18(6-2)23(17)21(25)15-27-16-22(26)24-19(7-3)13-10-14-20(24)8-4;/h9-14,21-22H,5-8,15-16,25-26H2,1-4H3;/q-1;+1. The third kappa shape index (κ3) is 5.46. The van der Waals surface area contributed by atoms with Crippen molar-refractivity contribution >= 4 is 0 Å². The first-order valence-corrected chi connectivity index (χ1v) is 11.1. The molecule has 4 N–H and O–H groups in total. The molecule has 0 aliphatic carbocycles. The van der Waals surface area contributed by atoms with E-state index in [4.69, 9.17) is 11.5 Å². The van der Waals surface area contributed by atoms with Crippen molar-refractivity contribution in [2.45, 2.75) is 65.5 Å². The maximum atomic E-state index is 6.65. The number of nitrogens with zero attached hydrogens (tertiary/aromatic N) is 1. The van der Waals surface area contributed by atoms with Crippen LogP contribution in [0.2, 0.25) is 0 Å². The molecule has 0 aliphatic heterocycles. The Hall–Kier alpha value is -1.16. The van der Waals surface area contributed by atoms with Gasteiger partial charge in [-0.2, -0.15) is 0 Å². The predicted octanol–water partition coefficient (Wildman–Crippen LogP) is 4.40. The van der Waals surface area contributed by atoms with Crippen LogP contribution in [0.4, 0.5) is 0 Å². The van der Waals surface area contributed by atoms with E-state index in [1.807, 2.05) is 3.92 Å². The number of nitrogens with two attached hydrogens (primary N) is 2. The van der Waals surface area contributed by atoms with E-state index in [0.717, 1.165) is 25.7 Å². The van der Waals surface area contributed by atoms with Gasteiger partial charge in [-0.05, 0) is 0 Å². The van der Waals surface area contributed by atoms with Crippen molar-refractivity contribution in [2.24, 2.45) is 11.5 Å². The van der Waals surface area contributed by atoms with E-state index in [-0.39, 0.29) is 12.1 Å². The van der Waals surface area contributed by atoms with Gasteiger partial charge in [0.25, 0.3) is 0 Å². The third-order valence-electron chi connectivity index (χ3n) is 5.62. The Morgan fingerprint density at radius 1 is 0.679 bits per heavy atom. The fraction of sp³-hybridized carbons (Fsp3) is 0.500. The van der Waals surface area contributed by atoms with Crippen molar-refractivity contribution in [1.29, 1.82) is 0 Å². The summed E-state index contributed by atoms with van der Waals surface area (Å²) in [5.41, 5.74) is 21.3. The zero-order valence-corrected chi connectivity index (χ0v) is 18.9. The fourth-order valence-corrected chi connectivity index (χ4v) is 4.63. The molecule has 0 amide bonds. The van der Waals surface area contributed by atoms with Crippen molar-refractivity contribution in [2.75, 3.05) is 13.1 Å². The van der Waals surface area contributed by atoms with Gasteiger partial charge in [0.05, 0.1) is 0 Å². The van der Waals surface area contributed by atoms with Crippen molar-refractivity contribution in [3.05, 3.63) is 69.8 Å². The Morgan fingerprint density at radius 3 is 1.21 bits per heavy atom. The SMILES string of the molecule is CCc1cccc(CC)c1C(N)C[N]([Fe])CC(N)c1c(CC)cccc1CC. The molecule has 0 saturated heterocycles. The average Bonchev–Trinajstić information content (AvgIpc) is 2.71. The minimum absolute atomic E-state index is 0.0529. The molecule has 0 aromatic heterocycles. The monoisotopic (exact) mass is 422 g/mol. The van der Waals surface area contributed by atoms with Crippen molar-refractivity contribution in [3.63, 3.8) is 0 Å². The third-order valence-corrected chi connectivity index (χ3v) is 6.02. The van der Waals surface area contributed by atoms with Gasteiger partial charge in [0.15, 0.2) is 0 Å². The van der Waals surface area contributed by atoms with Crippen LogP contribution in [-0.4, -0.2) is 17.0 Å². The summed E-state index contributed by atoms with van der Waals surface area (Å²) in [6.45, 7) is 10.2. The zero-order valence-electron chi connectivity index (χ0n) is 17.8. The molecule has 0 spiro atoms. The van der Waals surface area contributed by atoms with E-state index in [2.05, 4.69) is 80.3 Å². The van der Waals surface area contributed by atoms with E-state index in [0.29, 0.717) is 13.1 Å². The second kappa shape index (κ2) is 11.1. The summed E-state index contributed by atoms with van der Waals surface area (Å²) in [7, 11) is 0. The molecule has 2 atom stereocenters. The normalized spacial score (nSPS) is 13.7. The van der Waals surface area contributed by atoms with Crippen molar-refractivity contribution in [1.82, 2.24) is 3.92 Å². The molecule has 2 unspecified atom stereocenters. The van der Waals surface area contributed by atoms with Crippen LogP contribution < -0.4 is 11.5 Å². The summed E-state index contributed by atoms with van der Waals surface area (Å²) in [4.78, 5) is 0. The summed E-state index contributed by atoms with van der Waals surface area (Å²) in [6, 6.07) is 12.9. The molecule has 155 valence electrons. The van der Waals surface area contributed by atoms with Crippen LogP contribution in [0.25, 0.3) is 0 Å². The molecule has 4 heteroatoms. The topological polar surface area (TPSA) is 55.3 Å². The Balaban J connectivity index is 2.16. The van der Waals surface area contributed by atoms with Crippen LogP contribution in [0, 0.1) is 0 Å². The van der Waals surface area contributed by atoms with Gasteiger partial charge in [0, 0.05) is 0 Å². The Labute approximate surface area is 179 Å². The molecule has 2 aromatic carbocycles. The fourth-order valence-electron chi connectivity index (χ4n) is 4.19. The molecule has 28 heavy (non-hydrogen) atoms. The van der Waals surface area contributed by atoms with Gasteiger partial charge in [0.2, 0.25) is 0 Å². The van der Waals surface area contributed by atoms with Gasteiger partial charge in [-0.3, -0.25) is 0 Å². The van der Waals surface area contributed by atoms with Gasteiger partial charge in [0.1, 0.15) is 0 Å². The van der Waals surface area contributed by atoms with Crippen LogP contribution in [-0.2, 0) is 41.9 Å². The molecule has 2 rings (SSSR count). The predicted molar refractivity (Wildman–Crippen MR) is 116 cm³/mol. The first-order valence-electron chi connectivity index (χ1n) is 10.6. The van der Waals surface area contributed by atoms with Crippen LogP contribution in [0.3, 0.4) is 0 Å². The van der Waals surface area contributed by atoms with Gasteiger partial charge in [-0.25, -0.2) is 0 Å². The van der Waals surface area contributed by atoms with E-state index < -0.39 is 0 Å². The van der Waals surface area contributed by atoms with Gasteiger partial charge < -0.3 is 0 Å². The number of aryl methyl sites for hydroxylation is 4. The molecule has 2 aromatic rings. The number of hydrogen-bond donors (Lipinski definition) is 2. The second-order valence-corrected chi connectivity index (χ2v) is 8.12. The van der Waals surface area contributed by atoms with Crippen molar-refractivity contribution in [3.8, 4) is 0 Å². The average molecular weight is 422 g/mol. The van der Waals surface area contributed by atoms with E-state index in [1.165, 1.54) is 33.4 Å². The molecule has 0 aliphatic rings. The van der Waals surface area contributed by atoms with E-state index >= 15 is 0 Å².